The van der Waals surface area contributed by atoms with Crippen molar-refractivity contribution in [3.8, 4) is 0 Å². The summed E-state index contributed by atoms with van der Waals surface area (Å²) in [7, 11) is 0. The summed E-state index contributed by atoms with van der Waals surface area (Å²) in [5, 5.41) is 3.32. The molecule has 14 heavy (non-hydrogen) atoms. The van der Waals surface area contributed by atoms with E-state index in [0.717, 1.165) is 13.0 Å². The molecule has 0 amide bonds. The molecule has 0 aromatic heterocycles. The van der Waals surface area contributed by atoms with Crippen LogP contribution in [-0.2, 0) is 9.53 Å². The Balaban J connectivity index is 1.80. The lowest BCUT2D eigenvalue weighted by molar-refractivity contribution is -0.147. The van der Waals surface area contributed by atoms with Gasteiger partial charge in [0.05, 0.1) is 6.61 Å². The first-order chi connectivity index (χ1) is 6.76. The van der Waals surface area contributed by atoms with Gasteiger partial charge in [-0.2, -0.15) is 0 Å². The van der Waals surface area contributed by atoms with E-state index >= 15 is 0 Å². The van der Waals surface area contributed by atoms with Crippen LogP contribution in [-0.4, -0.2) is 25.2 Å². The average Bonchev–Trinajstić information content (AvgIpc) is 2.16. The monoisotopic (exact) mass is 197 g/mol. The van der Waals surface area contributed by atoms with Crippen LogP contribution in [0.1, 0.15) is 39.0 Å². The molecule has 1 heterocycles. The van der Waals surface area contributed by atoms with Crippen molar-refractivity contribution in [3.05, 3.63) is 0 Å². The zero-order valence-corrected chi connectivity index (χ0v) is 8.84. The third-order valence-electron chi connectivity index (χ3n) is 3.67. The molecular formula is C11H19NO2. The molecule has 1 aliphatic carbocycles. The number of nitrogens with one attached hydrogen (secondary N) is 1. The molecule has 1 N–H and O–H groups in total. The fourth-order valence-electron chi connectivity index (χ4n) is 2.53. The van der Waals surface area contributed by atoms with Crippen LogP contribution in [0.25, 0.3) is 0 Å². The summed E-state index contributed by atoms with van der Waals surface area (Å²) in [6, 6.07) is -0.0406. The van der Waals surface area contributed by atoms with Crippen LogP contribution in [0.3, 0.4) is 0 Å². The van der Waals surface area contributed by atoms with Gasteiger partial charge in [0.1, 0.15) is 6.04 Å². The maximum absolute atomic E-state index is 11.4. The van der Waals surface area contributed by atoms with E-state index < -0.39 is 0 Å². The minimum atomic E-state index is -0.0679. The highest BCUT2D eigenvalue weighted by Gasteiger charge is 2.41. The standard InChI is InChI=1S/C11H19NO2/c1-2-14-10(13)9-4-7-11(8-12-9)5-3-6-11/h9,12H,2-8H2,1H3. The summed E-state index contributed by atoms with van der Waals surface area (Å²) >= 11 is 0. The van der Waals surface area contributed by atoms with Crippen molar-refractivity contribution in [2.75, 3.05) is 13.2 Å². The molecule has 80 valence electrons. The summed E-state index contributed by atoms with van der Waals surface area (Å²) in [5.74, 6) is -0.0679. The third-order valence-corrected chi connectivity index (χ3v) is 3.67. The smallest absolute Gasteiger partial charge is 0.323 e. The summed E-state index contributed by atoms with van der Waals surface area (Å²) in [6.45, 7) is 3.35. The SMILES string of the molecule is CCOC(=O)C1CCC2(CCC2)CN1. The highest BCUT2D eigenvalue weighted by atomic mass is 16.5. The Labute approximate surface area is 85.2 Å². The topological polar surface area (TPSA) is 38.3 Å². The van der Waals surface area contributed by atoms with Gasteiger partial charge in [-0.3, -0.25) is 4.79 Å². The normalized spacial score (nSPS) is 29.6. The summed E-state index contributed by atoms with van der Waals surface area (Å²) in [6.07, 6.45) is 6.21. The number of rotatable bonds is 2. The van der Waals surface area contributed by atoms with Crippen molar-refractivity contribution in [2.24, 2.45) is 5.41 Å². The number of carbonyl (C=O) groups is 1. The first-order valence-electron chi connectivity index (χ1n) is 5.66. The molecular weight excluding hydrogens is 178 g/mol. The van der Waals surface area contributed by atoms with Gasteiger partial charge in [0, 0.05) is 6.54 Å². The molecule has 0 radical (unpaired) electrons. The van der Waals surface area contributed by atoms with Crippen LogP contribution in [0.2, 0.25) is 0 Å². The molecule has 2 aliphatic rings. The Kier molecular flexibility index (Phi) is 2.77. The van der Waals surface area contributed by atoms with E-state index in [1.54, 1.807) is 0 Å². The molecule has 2 rings (SSSR count). The number of hydrogen-bond acceptors (Lipinski definition) is 3. The van der Waals surface area contributed by atoms with Crippen LogP contribution in [0.4, 0.5) is 0 Å². The highest BCUT2D eigenvalue weighted by Crippen LogP contribution is 2.46. The molecule has 3 heteroatoms. The van der Waals surface area contributed by atoms with E-state index in [2.05, 4.69) is 5.32 Å². The first-order valence-corrected chi connectivity index (χ1v) is 5.66. The Bertz CT molecular complexity index is 213. The van der Waals surface area contributed by atoms with Gasteiger partial charge in [-0.15, -0.1) is 0 Å². The van der Waals surface area contributed by atoms with Crippen molar-refractivity contribution in [3.63, 3.8) is 0 Å². The van der Waals surface area contributed by atoms with Crippen molar-refractivity contribution < 1.29 is 9.53 Å². The highest BCUT2D eigenvalue weighted by molar-refractivity contribution is 5.75. The number of esters is 1. The molecule has 2 fully saturated rings. The van der Waals surface area contributed by atoms with Crippen molar-refractivity contribution in [2.45, 2.75) is 45.1 Å². The van der Waals surface area contributed by atoms with Gasteiger partial charge in [-0.25, -0.2) is 0 Å². The van der Waals surface area contributed by atoms with Gasteiger partial charge >= 0.3 is 5.97 Å². The minimum Gasteiger partial charge on any atom is -0.465 e. The lowest BCUT2D eigenvalue weighted by Gasteiger charge is -2.46. The molecule has 1 atom stereocenters. The van der Waals surface area contributed by atoms with Gasteiger partial charge in [0.2, 0.25) is 0 Å². The summed E-state index contributed by atoms with van der Waals surface area (Å²) in [4.78, 5) is 11.4. The van der Waals surface area contributed by atoms with Crippen molar-refractivity contribution in [1.82, 2.24) is 5.32 Å². The Hall–Kier alpha value is -0.570. The van der Waals surface area contributed by atoms with E-state index in [4.69, 9.17) is 4.74 Å². The lowest BCUT2D eigenvalue weighted by Crippen LogP contribution is -2.52. The van der Waals surface area contributed by atoms with Crippen LogP contribution in [0.5, 0.6) is 0 Å². The molecule has 0 bridgehead atoms. The minimum absolute atomic E-state index is 0.0406. The molecule has 0 aromatic rings. The second-order valence-corrected chi connectivity index (χ2v) is 4.58. The molecule has 1 unspecified atom stereocenters. The Morgan fingerprint density at radius 1 is 1.50 bits per heavy atom. The van der Waals surface area contributed by atoms with Crippen LogP contribution in [0, 0.1) is 5.41 Å². The van der Waals surface area contributed by atoms with Crippen molar-refractivity contribution >= 4 is 5.97 Å². The van der Waals surface area contributed by atoms with Gasteiger partial charge in [-0.1, -0.05) is 6.42 Å². The predicted molar refractivity (Wildman–Crippen MR) is 53.9 cm³/mol. The van der Waals surface area contributed by atoms with Crippen LogP contribution in [0.15, 0.2) is 0 Å². The lowest BCUT2D eigenvalue weighted by atomic mass is 9.64. The molecule has 1 spiro atoms. The average molecular weight is 197 g/mol. The number of ether oxygens (including phenoxy) is 1. The van der Waals surface area contributed by atoms with Gasteiger partial charge < -0.3 is 10.1 Å². The molecule has 0 aromatic carbocycles. The molecule has 1 saturated carbocycles. The van der Waals surface area contributed by atoms with Gasteiger partial charge in [-0.05, 0) is 38.0 Å². The van der Waals surface area contributed by atoms with Crippen LogP contribution >= 0.6 is 0 Å². The summed E-state index contributed by atoms with van der Waals surface area (Å²) in [5.41, 5.74) is 0.545. The van der Waals surface area contributed by atoms with E-state index in [1.807, 2.05) is 6.92 Å². The second-order valence-electron chi connectivity index (χ2n) is 4.58. The van der Waals surface area contributed by atoms with Crippen LogP contribution < -0.4 is 5.32 Å². The number of carbonyl (C=O) groups excluding carboxylic acids is 1. The number of hydrogen-bond donors (Lipinski definition) is 1. The van der Waals surface area contributed by atoms with E-state index in [1.165, 1.54) is 25.7 Å². The second kappa shape index (κ2) is 3.89. The molecule has 3 nitrogen and oxygen atoms in total. The number of piperidine rings is 1. The summed E-state index contributed by atoms with van der Waals surface area (Å²) < 4.78 is 5.00. The first kappa shape index (κ1) is 9.97. The van der Waals surface area contributed by atoms with E-state index in [0.29, 0.717) is 12.0 Å². The quantitative estimate of drug-likeness (QED) is 0.681. The molecule has 1 aliphatic heterocycles. The van der Waals surface area contributed by atoms with E-state index in [-0.39, 0.29) is 12.0 Å². The molecule has 1 saturated heterocycles. The largest absolute Gasteiger partial charge is 0.465 e. The predicted octanol–water partition coefficient (Wildman–Crippen LogP) is 1.47. The Morgan fingerprint density at radius 3 is 2.71 bits per heavy atom. The van der Waals surface area contributed by atoms with E-state index in [9.17, 15) is 4.79 Å². The van der Waals surface area contributed by atoms with Gasteiger partial charge in [0.15, 0.2) is 0 Å². The van der Waals surface area contributed by atoms with Crippen molar-refractivity contribution in [1.29, 1.82) is 0 Å². The van der Waals surface area contributed by atoms with Gasteiger partial charge in [0.25, 0.3) is 0 Å². The Morgan fingerprint density at radius 2 is 2.29 bits per heavy atom. The zero-order chi connectivity index (χ0) is 10.0. The zero-order valence-electron chi connectivity index (χ0n) is 8.84. The third kappa shape index (κ3) is 1.78. The fraction of sp³-hybridized carbons (Fsp3) is 0.909. The maximum Gasteiger partial charge on any atom is 0.323 e. The maximum atomic E-state index is 11.4. The fourth-order valence-corrected chi connectivity index (χ4v) is 2.53.